The molecular formula is C48H32N2OS. The highest BCUT2D eigenvalue weighted by atomic mass is 32.1. The first-order valence-electron chi connectivity index (χ1n) is 17.5. The number of hydrogen-bond acceptors (Lipinski definition) is 4. The number of benzene rings is 8. The third-order valence-electron chi connectivity index (χ3n) is 9.83. The lowest BCUT2D eigenvalue weighted by Gasteiger charge is -2.30. The van der Waals surface area contributed by atoms with Gasteiger partial charge in [0.1, 0.15) is 11.2 Å². The summed E-state index contributed by atoms with van der Waals surface area (Å²) in [6.07, 6.45) is 0. The summed E-state index contributed by atoms with van der Waals surface area (Å²) in [5.74, 6) is 0. The highest BCUT2D eigenvalue weighted by Gasteiger charge is 2.22. The number of anilines is 6. The van der Waals surface area contributed by atoms with E-state index in [0.717, 1.165) is 67.2 Å². The van der Waals surface area contributed by atoms with Crippen molar-refractivity contribution < 1.29 is 4.42 Å². The second-order valence-corrected chi connectivity index (χ2v) is 14.1. The van der Waals surface area contributed by atoms with E-state index in [1.807, 2.05) is 23.5 Å². The fourth-order valence-corrected chi connectivity index (χ4v) is 8.53. The summed E-state index contributed by atoms with van der Waals surface area (Å²) in [5.41, 5.74) is 10.5. The van der Waals surface area contributed by atoms with Gasteiger partial charge in [0.25, 0.3) is 0 Å². The minimum absolute atomic E-state index is 0.866. The predicted octanol–water partition coefficient (Wildman–Crippen LogP) is 14.6. The quantitative estimate of drug-likeness (QED) is 0.167. The van der Waals surface area contributed by atoms with Crippen molar-refractivity contribution in [2.24, 2.45) is 0 Å². The molecule has 52 heavy (non-hydrogen) atoms. The van der Waals surface area contributed by atoms with Gasteiger partial charge < -0.3 is 14.2 Å². The lowest BCUT2D eigenvalue weighted by atomic mass is 9.98. The molecule has 2 heterocycles. The van der Waals surface area contributed by atoms with Crippen LogP contribution in [0.5, 0.6) is 0 Å². The molecule has 8 aromatic carbocycles. The third-order valence-corrected chi connectivity index (χ3v) is 11.0. The van der Waals surface area contributed by atoms with Gasteiger partial charge in [-0.1, -0.05) is 97.1 Å². The molecule has 10 rings (SSSR count). The molecule has 246 valence electrons. The van der Waals surface area contributed by atoms with E-state index in [0.29, 0.717) is 0 Å². The Bertz CT molecular complexity index is 2820. The molecule has 0 amide bonds. The predicted molar refractivity (Wildman–Crippen MR) is 221 cm³/mol. The number of hydrogen-bond donors (Lipinski definition) is 0. The number of fused-ring (bicyclic) bond motifs is 6. The molecule has 0 saturated carbocycles. The van der Waals surface area contributed by atoms with E-state index < -0.39 is 0 Å². The maximum absolute atomic E-state index is 6.39. The van der Waals surface area contributed by atoms with Crippen molar-refractivity contribution in [3.05, 3.63) is 194 Å². The number of rotatable bonds is 7. The molecule has 0 radical (unpaired) electrons. The van der Waals surface area contributed by atoms with Crippen LogP contribution in [0.1, 0.15) is 0 Å². The summed E-state index contributed by atoms with van der Waals surface area (Å²) in [6, 6.07) is 69.2. The van der Waals surface area contributed by atoms with Gasteiger partial charge in [-0.2, -0.15) is 0 Å². The summed E-state index contributed by atoms with van der Waals surface area (Å²) in [7, 11) is 0. The summed E-state index contributed by atoms with van der Waals surface area (Å²) in [5, 5.41) is 4.80. The zero-order valence-electron chi connectivity index (χ0n) is 28.2. The molecule has 4 heteroatoms. The van der Waals surface area contributed by atoms with Crippen molar-refractivity contribution in [3.8, 4) is 11.1 Å². The van der Waals surface area contributed by atoms with Crippen LogP contribution >= 0.6 is 11.3 Å². The Hall–Kier alpha value is -6.62. The molecule has 0 bridgehead atoms. The average molecular weight is 685 g/mol. The van der Waals surface area contributed by atoms with Crippen molar-refractivity contribution in [1.82, 2.24) is 0 Å². The van der Waals surface area contributed by atoms with Gasteiger partial charge in [0.05, 0.1) is 5.69 Å². The molecule has 0 N–H and O–H groups in total. The zero-order chi connectivity index (χ0) is 34.4. The van der Waals surface area contributed by atoms with Gasteiger partial charge in [-0.05, 0) is 96.6 Å². The normalized spacial score (nSPS) is 11.5. The van der Waals surface area contributed by atoms with E-state index >= 15 is 0 Å². The molecule has 0 fully saturated rings. The maximum atomic E-state index is 6.39. The SMILES string of the molecule is c1ccc(N(c2ccc(N(c3ccccc3)c3ccccc3)c(-c3ccc4sc5ccccc5c4c3)c2)c2ccc3c(c2)oc2ccccc23)cc1. The van der Waals surface area contributed by atoms with E-state index in [1.165, 1.54) is 20.2 Å². The monoisotopic (exact) mass is 684 g/mol. The van der Waals surface area contributed by atoms with E-state index in [-0.39, 0.29) is 0 Å². The fraction of sp³-hybridized carbons (Fsp3) is 0. The average Bonchev–Trinajstić information content (AvgIpc) is 3.77. The minimum atomic E-state index is 0.866. The Morgan fingerprint density at radius 2 is 0.904 bits per heavy atom. The van der Waals surface area contributed by atoms with Gasteiger partial charge in [-0.3, -0.25) is 0 Å². The van der Waals surface area contributed by atoms with Crippen LogP contribution in [0.4, 0.5) is 34.1 Å². The Labute approximate surface area is 305 Å². The molecule has 0 atom stereocenters. The van der Waals surface area contributed by atoms with Crippen molar-refractivity contribution in [1.29, 1.82) is 0 Å². The Balaban J connectivity index is 1.22. The van der Waals surface area contributed by atoms with Gasteiger partial charge in [-0.15, -0.1) is 11.3 Å². The van der Waals surface area contributed by atoms with Crippen LogP contribution in [0, 0.1) is 0 Å². The maximum Gasteiger partial charge on any atom is 0.137 e. The van der Waals surface area contributed by atoms with Crippen LogP contribution in [-0.4, -0.2) is 0 Å². The number of furan rings is 1. The Kier molecular flexibility index (Phi) is 7.33. The fourth-order valence-electron chi connectivity index (χ4n) is 7.44. The zero-order valence-corrected chi connectivity index (χ0v) is 29.0. The summed E-state index contributed by atoms with van der Waals surface area (Å²) in [4.78, 5) is 4.69. The lowest BCUT2D eigenvalue weighted by Crippen LogP contribution is -2.13. The number of nitrogens with zero attached hydrogens (tertiary/aromatic N) is 2. The van der Waals surface area contributed by atoms with Crippen LogP contribution in [0.3, 0.4) is 0 Å². The Morgan fingerprint density at radius 3 is 1.63 bits per heavy atom. The third kappa shape index (κ3) is 5.20. The lowest BCUT2D eigenvalue weighted by molar-refractivity contribution is 0.669. The van der Waals surface area contributed by atoms with Gasteiger partial charge in [0, 0.05) is 71.0 Å². The first kappa shape index (κ1) is 30.2. The highest BCUT2D eigenvalue weighted by Crippen LogP contribution is 2.46. The first-order valence-corrected chi connectivity index (χ1v) is 18.3. The number of thiophene rings is 1. The molecule has 0 aliphatic rings. The molecular weight excluding hydrogens is 653 g/mol. The molecule has 0 unspecified atom stereocenters. The minimum Gasteiger partial charge on any atom is -0.456 e. The molecule has 0 aliphatic carbocycles. The van der Waals surface area contributed by atoms with E-state index in [4.69, 9.17) is 4.42 Å². The molecule has 2 aromatic heterocycles. The van der Waals surface area contributed by atoms with Gasteiger partial charge in [-0.25, -0.2) is 0 Å². The highest BCUT2D eigenvalue weighted by molar-refractivity contribution is 7.25. The van der Waals surface area contributed by atoms with Crippen LogP contribution in [0.2, 0.25) is 0 Å². The smallest absolute Gasteiger partial charge is 0.137 e. The van der Waals surface area contributed by atoms with Crippen molar-refractivity contribution in [3.63, 3.8) is 0 Å². The van der Waals surface area contributed by atoms with Crippen molar-refractivity contribution in [2.75, 3.05) is 9.80 Å². The van der Waals surface area contributed by atoms with E-state index in [9.17, 15) is 0 Å². The topological polar surface area (TPSA) is 19.6 Å². The van der Waals surface area contributed by atoms with Crippen molar-refractivity contribution in [2.45, 2.75) is 0 Å². The number of para-hydroxylation sites is 4. The van der Waals surface area contributed by atoms with Crippen LogP contribution in [-0.2, 0) is 0 Å². The van der Waals surface area contributed by atoms with Crippen LogP contribution in [0.25, 0.3) is 53.2 Å². The molecule has 0 saturated heterocycles. The second-order valence-electron chi connectivity index (χ2n) is 13.0. The molecule has 10 aromatic rings. The molecule has 0 aliphatic heterocycles. The Morgan fingerprint density at radius 1 is 0.346 bits per heavy atom. The first-order chi connectivity index (χ1) is 25.8. The largest absolute Gasteiger partial charge is 0.456 e. The van der Waals surface area contributed by atoms with Crippen molar-refractivity contribution >= 4 is 87.6 Å². The van der Waals surface area contributed by atoms with E-state index in [2.05, 4.69) is 192 Å². The van der Waals surface area contributed by atoms with Gasteiger partial charge >= 0.3 is 0 Å². The summed E-state index contributed by atoms with van der Waals surface area (Å²) < 4.78 is 8.98. The summed E-state index contributed by atoms with van der Waals surface area (Å²) in [6.45, 7) is 0. The molecule has 0 spiro atoms. The van der Waals surface area contributed by atoms with Crippen LogP contribution in [0.15, 0.2) is 199 Å². The standard InChI is InChI=1S/C48H32N2OS/c1-4-14-34(15-5-1)49(38-25-27-40-39-20-10-12-22-45(39)51-46(40)32-38)37-26-28-44(50(35-16-6-2-7-17-35)36-18-8-3-9-19-36)42(31-37)33-24-29-48-43(30-33)41-21-11-13-23-47(41)52-48/h1-32H. The van der Waals surface area contributed by atoms with Gasteiger partial charge in [0.15, 0.2) is 0 Å². The van der Waals surface area contributed by atoms with Crippen LogP contribution < -0.4 is 9.80 Å². The van der Waals surface area contributed by atoms with Gasteiger partial charge in [0.2, 0.25) is 0 Å². The van der Waals surface area contributed by atoms with E-state index in [1.54, 1.807) is 0 Å². The summed E-state index contributed by atoms with van der Waals surface area (Å²) >= 11 is 1.85. The second kappa shape index (κ2) is 12.6. The molecule has 3 nitrogen and oxygen atoms in total.